The van der Waals surface area contributed by atoms with Gasteiger partial charge in [-0.25, -0.2) is 0 Å². The average molecular weight is 137 g/mol. The van der Waals surface area contributed by atoms with Gasteiger partial charge < -0.3 is 5.32 Å². The summed E-state index contributed by atoms with van der Waals surface area (Å²) in [5.41, 5.74) is 4.10. The van der Waals surface area contributed by atoms with Gasteiger partial charge >= 0.3 is 0 Å². The normalized spacial score (nSPS) is 25.3. The van der Waals surface area contributed by atoms with E-state index in [1.807, 2.05) is 0 Å². The molecule has 1 heterocycles. The maximum Gasteiger partial charge on any atom is 0.0532 e. The fourth-order valence-electron chi connectivity index (χ4n) is 1.31. The SMILES string of the molecule is C=C=C1CC[C@@H](CC)CN1. The molecular formula is C9H15N. The Labute approximate surface area is 62.8 Å². The minimum absolute atomic E-state index is 0.872. The van der Waals surface area contributed by atoms with Crippen LogP contribution in [0.15, 0.2) is 18.0 Å². The summed E-state index contributed by atoms with van der Waals surface area (Å²) < 4.78 is 0. The lowest BCUT2D eigenvalue weighted by Gasteiger charge is -2.23. The number of hydrogen-bond donors (Lipinski definition) is 1. The number of rotatable bonds is 1. The maximum atomic E-state index is 3.61. The zero-order valence-corrected chi connectivity index (χ0v) is 6.61. The zero-order valence-electron chi connectivity index (χ0n) is 6.61. The van der Waals surface area contributed by atoms with Crippen LogP contribution in [-0.2, 0) is 0 Å². The van der Waals surface area contributed by atoms with Gasteiger partial charge in [0.1, 0.15) is 0 Å². The fourth-order valence-corrected chi connectivity index (χ4v) is 1.31. The summed E-state index contributed by atoms with van der Waals surface area (Å²) in [6, 6.07) is 0. The second-order valence-corrected chi connectivity index (χ2v) is 2.85. The monoisotopic (exact) mass is 137 g/mol. The van der Waals surface area contributed by atoms with Crippen LogP contribution < -0.4 is 5.32 Å². The van der Waals surface area contributed by atoms with Crippen molar-refractivity contribution in [3.63, 3.8) is 0 Å². The van der Waals surface area contributed by atoms with E-state index in [9.17, 15) is 0 Å². The van der Waals surface area contributed by atoms with E-state index in [0.717, 1.165) is 18.9 Å². The first-order valence-corrected chi connectivity index (χ1v) is 3.99. The Bertz CT molecular complexity index is 144. The molecule has 1 rings (SSSR count). The van der Waals surface area contributed by atoms with Crippen LogP contribution in [0.4, 0.5) is 0 Å². The minimum atomic E-state index is 0.872. The third kappa shape index (κ3) is 1.65. The van der Waals surface area contributed by atoms with Crippen LogP contribution in [0.3, 0.4) is 0 Å². The van der Waals surface area contributed by atoms with Gasteiger partial charge in [-0.3, -0.25) is 0 Å². The fraction of sp³-hybridized carbons (Fsp3) is 0.667. The Morgan fingerprint density at radius 1 is 1.80 bits per heavy atom. The Hall–Kier alpha value is -0.680. The average Bonchev–Trinajstić information content (AvgIpc) is 2.05. The molecule has 0 amide bonds. The summed E-state index contributed by atoms with van der Waals surface area (Å²) in [6.07, 6.45) is 3.74. The summed E-state index contributed by atoms with van der Waals surface area (Å²) >= 11 is 0. The highest BCUT2D eigenvalue weighted by atomic mass is 14.9. The molecule has 0 radical (unpaired) electrons. The summed E-state index contributed by atoms with van der Waals surface area (Å²) in [7, 11) is 0. The van der Waals surface area contributed by atoms with Gasteiger partial charge in [0.15, 0.2) is 0 Å². The van der Waals surface area contributed by atoms with Crippen LogP contribution in [0.2, 0.25) is 0 Å². The highest BCUT2D eigenvalue weighted by molar-refractivity contribution is 4.99. The molecule has 1 saturated heterocycles. The predicted octanol–water partition coefficient (Wildman–Crippen LogP) is 2.06. The van der Waals surface area contributed by atoms with Gasteiger partial charge in [0, 0.05) is 6.54 Å². The van der Waals surface area contributed by atoms with E-state index in [-0.39, 0.29) is 0 Å². The van der Waals surface area contributed by atoms with Gasteiger partial charge in [0.05, 0.1) is 5.70 Å². The van der Waals surface area contributed by atoms with Gasteiger partial charge in [0.25, 0.3) is 0 Å². The molecule has 0 bridgehead atoms. The molecule has 1 nitrogen and oxygen atoms in total. The van der Waals surface area contributed by atoms with Crippen LogP contribution >= 0.6 is 0 Å². The van der Waals surface area contributed by atoms with Gasteiger partial charge in [-0.15, -0.1) is 5.73 Å². The minimum Gasteiger partial charge on any atom is -0.382 e. The van der Waals surface area contributed by atoms with Crippen molar-refractivity contribution in [2.24, 2.45) is 5.92 Å². The summed E-state index contributed by atoms with van der Waals surface area (Å²) in [5, 5.41) is 3.31. The maximum absolute atomic E-state index is 3.61. The van der Waals surface area contributed by atoms with Gasteiger partial charge in [-0.05, 0) is 18.8 Å². The third-order valence-electron chi connectivity index (χ3n) is 2.20. The lowest BCUT2D eigenvalue weighted by atomic mass is 9.96. The molecule has 0 aromatic heterocycles. The quantitative estimate of drug-likeness (QED) is 0.545. The molecule has 0 aliphatic carbocycles. The van der Waals surface area contributed by atoms with Crippen molar-refractivity contribution >= 4 is 0 Å². The highest BCUT2D eigenvalue weighted by Gasteiger charge is 2.12. The molecule has 56 valence electrons. The summed E-state index contributed by atoms with van der Waals surface area (Å²) in [4.78, 5) is 0. The standard InChI is InChI=1S/C9H15N/c1-3-8-5-6-9(4-2)10-7-8/h8,10H,2-3,5-7H2,1H3/t8-/m1/s1. The van der Waals surface area contributed by atoms with E-state index in [2.05, 4.69) is 24.6 Å². The van der Waals surface area contributed by atoms with Crippen molar-refractivity contribution in [1.29, 1.82) is 0 Å². The molecule has 1 atom stereocenters. The third-order valence-corrected chi connectivity index (χ3v) is 2.20. The van der Waals surface area contributed by atoms with Crippen LogP contribution in [0.5, 0.6) is 0 Å². The molecule has 0 aromatic rings. The lowest BCUT2D eigenvalue weighted by Crippen LogP contribution is -2.27. The van der Waals surface area contributed by atoms with Crippen LogP contribution in [-0.4, -0.2) is 6.54 Å². The Balaban J connectivity index is 2.38. The molecule has 1 N–H and O–H groups in total. The van der Waals surface area contributed by atoms with E-state index in [0.29, 0.717) is 0 Å². The molecule has 1 aliphatic heterocycles. The molecular weight excluding hydrogens is 122 g/mol. The Morgan fingerprint density at radius 2 is 2.60 bits per heavy atom. The van der Waals surface area contributed by atoms with Crippen LogP contribution in [0.25, 0.3) is 0 Å². The largest absolute Gasteiger partial charge is 0.382 e. The first-order valence-electron chi connectivity index (χ1n) is 3.99. The second-order valence-electron chi connectivity index (χ2n) is 2.85. The molecule has 0 unspecified atom stereocenters. The second kappa shape index (κ2) is 3.48. The van der Waals surface area contributed by atoms with Crippen molar-refractivity contribution < 1.29 is 0 Å². The molecule has 10 heavy (non-hydrogen) atoms. The Morgan fingerprint density at radius 3 is 3.00 bits per heavy atom. The van der Waals surface area contributed by atoms with Gasteiger partial charge in [-0.2, -0.15) is 0 Å². The van der Waals surface area contributed by atoms with E-state index >= 15 is 0 Å². The first-order chi connectivity index (χ1) is 4.86. The van der Waals surface area contributed by atoms with E-state index in [1.54, 1.807) is 0 Å². The molecule has 0 saturated carbocycles. The van der Waals surface area contributed by atoms with E-state index in [1.165, 1.54) is 18.5 Å². The number of nitrogens with one attached hydrogen (secondary N) is 1. The summed E-state index contributed by atoms with van der Waals surface area (Å²) in [5.74, 6) is 0.872. The Kier molecular flexibility index (Phi) is 2.58. The van der Waals surface area contributed by atoms with Crippen molar-refractivity contribution in [3.05, 3.63) is 18.0 Å². The molecule has 0 spiro atoms. The van der Waals surface area contributed by atoms with Crippen molar-refractivity contribution in [3.8, 4) is 0 Å². The van der Waals surface area contributed by atoms with Crippen LogP contribution in [0, 0.1) is 5.92 Å². The smallest absolute Gasteiger partial charge is 0.0532 e. The number of allylic oxidation sites excluding steroid dienone is 1. The number of hydrogen-bond acceptors (Lipinski definition) is 1. The van der Waals surface area contributed by atoms with E-state index < -0.39 is 0 Å². The van der Waals surface area contributed by atoms with Crippen molar-refractivity contribution in [1.82, 2.24) is 5.32 Å². The van der Waals surface area contributed by atoms with Crippen LogP contribution in [0.1, 0.15) is 26.2 Å². The van der Waals surface area contributed by atoms with Crippen molar-refractivity contribution in [2.75, 3.05) is 6.54 Å². The van der Waals surface area contributed by atoms with Gasteiger partial charge in [-0.1, -0.05) is 19.9 Å². The first kappa shape index (κ1) is 7.43. The molecule has 1 aliphatic rings. The topological polar surface area (TPSA) is 12.0 Å². The predicted molar refractivity (Wildman–Crippen MR) is 43.7 cm³/mol. The van der Waals surface area contributed by atoms with Gasteiger partial charge in [0.2, 0.25) is 0 Å². The molecule has 1 heteroatoms. The molecule has 0 aromatic carbocycles. The van der Waals surface area contributed by atoms with E-state index in [4.69, 9.17) is 0 Å². The van der Waals surface area contributed by atoms with Crippen molar-refractivity contribution in [2.45, 2.75) is 26.2 Å². The number of piperidine rings is 1. The summed E-state index contributed by atoms with van der Waals surface area (Å²) in [6.45, 7) is 6.98. The zero-order chi connectivity index (χ0) is 7.40. The highest BCUT2D eigenvalue weighted by Crippen LogP contribution is 2.17. The molecule has 1 fully saturated rings. The lowest BCUT2D eigenvalue weighted by molar-refractivity contribution is 0.405.